The number of nitrogens with one attached hydrogen (secondary N) is 1. The summed E-state index contributed by atoms with van der Waals surface area (Å²) in [5, 5.41) is 3.17. The van der Waals surface area contributed by atoms with Crippen molar-refractivity contribution in [1.29, 1.82) is 0 Å². The summed E-state index contributed by atoms with van der Waals surface area (Å²) in [6.07, 6.45) is 2.22. The van der Waals surface area contributed by atoms with Gasteiger partial charge in [-0.2, -0.15) is 0 Å². The number of benzene rings is 1. The quantitative estimate of drug-likeness (QED) is 0.613. The molecule has 1 heterocycles. The average molecular weight is 423 g/mol. The molecule has 0 spiro atoms. The number of hydrogen-bond acceptors (Lipinski definition) is 4. The first kappa shape index (κ1) is 23.2. The van der Waals surface area contributed by atoms with Gasteiger partial charge in [0, 0.05) is 24.5 Å². The maximum absolute atomic E-state index is 13.7. The Morgan fingerprint density at radius 2 is 1.97 bits per heavy atom. The molecule has 1 aromatic carbocycles. The summed E-state index contributed by atoms with van der Waals surface area (Å²) >= 11 is 6.05. The Hall–Kier alpha value is -2.08. The number of halogens is 1. The van der Waals surface area contributed by atoms with Gasteiger partial charge in [-0.15, -0.1) is 0 Å². The Bertz CT molecular complexity index is 720. The summed E-state index contributed by atoms with van der Waals surface area (Å²) in [6.45, 7) is 6.29. The largest absolute Gasteiger partial charge is 0.454 e. The van der Waals surface area contributed by atoms with Crippen molar-refractivity contribution in [2.24, 2.45) is 5.41 Å². The van der Waals surface area contributed by atoms with Crippen molar-refractivity contribution < 1.29 is 19.1 Å². The zero-order valence-corrected chi connectivity index (χ0v) is 18.4. The van der Waals surface area contributed by atoms with Crippen molar-refractivity contribution in [2.75, 3.05) is 7.05 Å². The van der Waals surface area contributed by atoms with Crippen LogP contribution in [-0.2, 0) is 19.1 Å². The van der Waals surface area contributed by atoms with E-state index >= 15 is 0 Å². The van der Waals surface area contributed by atoms with Crippen LogP contribution in [0, 0.1) is 5.41 Å². The molecule has 160 valence electrons. The van der Waals surface area contributed by atoms with E-state index in [0.29, 0.717) is 11.4 Å². The van der Waals surface area contributed by atoms with E-state index in [1.807, 2.05) is 36.1 Å². The number of carbonyl (C=O) groups excluding carboxylic acids is 3. The molecule has 7 heteroatoms. The minimum Gasteiger partial charge on any atom is -0.454 e. The zero-order chi connectivity index (χ0) is 21.6. The summed E-state index contributed by atoms with van der Waals surface area (Å²) in [4.78, 5) is 38.7. The van der Waals surface area contributed by atoms with E-state index in [2.05, 4.69) is 19.2 Å². The predicted octanol–water partition coefficient (Wildman–Crippen LogP) is 3.88. The van der Waals surface area contributed by atoms with Gasteiger partial charge in [0.2, 0.25) is 5.91 Å². The van der Waals surface area contributed by atoms with Gasteiger partial charge in [-0.1, -0.05) is 44.5 Å². The summed E-state index contributed by atoms with van der Waals surface area (Å²) in [6, 6.07) is 7.69. The third-order valence-electron chi connectivity index (χ3n) is 6.04. The first-order valence-corrected chi connectivity index (χ1v) is 10.6. The van der Waals surface area contributed by atoms with Crippen LogP contribution >= 0.6 is 11.6 Å². The van der Waals surface area contributed by atoms with Crippen molar-refractivity contribution >= 4 is 29.9 Å². The van der Waals surface area contributed by atoms with Gasteiger partial charge in [0.25, 0.3) is 12.4 Å². The highest BCUT2D eigenvalue weighted by atomic mass is 35.5. The van der Waals surface area contributed by atoms with Crippen LogP contribution in [-0.4, -0.2) is 42.4 Å². The third-order valence-corrected chi connectivity index (χ3v) is 6.29. The van der Waals surface area contributed by atoms with Crippen molar-refractivity contribution in [3.05, 3.63) is 34.9 Å². The molecule has 1 N–H and O–H groups in total. The molecule has 0 aliphatic carbocycles. The topological polar surface area (TPSA) is 75.7 Å². The maximum Gasteiger partial charge on any atom is 0.293 e. The van der Waals surface area contributed by atoms with Crippen LogP contribution < -0.4 is 5.32 Å². The van der Waals surface area contributed by atoms with Crippen molar-refractivity contribution in [1.82, 2.24) is 10.2 Å². The summed E-state index contributed by atoms with van der Waals surface area (Å²) in [7, 11) is 1.49. The van der Waals surface area contributed by atoms with Crippen LogP contribution in [0.5, 0.6) is 0 Å². The maximum atomic E-state index is 13.7. The first-order chi connectivity index (χ1) is 13.8. The van der Waals surface area contributed by atoms with Gasteiger partial charge >= 0.3 is 0 Å². The van der Waals surface area contributed by atoms with E-state index in [0.717, 1.165) is 24.8 Å². The van der Waals surface area contributed by atoms with Gasteiger partial charge in [0.15, 0.2) is 6.10 Å². The predicted molar refractivity (Wildman–Crippen MR) is 112 cm³/mol. The lowest BCUT2D eigenvalue weighted by molar-refractivity contribution is -0.160. The highest BCUT2D eigenvalue weighted by Crippen LogP contribution is 2.45. The highest BCUT2D eigenvalue weighted by Gasteiger charge is 2.48. The first-order valence-electron chi connectivity index (χ1n) is 10.2. The summed E-state index contributed by atoms with van der Waals surface area (Å²) in [5.74, 6) is -0.402. The SMILES string of the molecule is CCC(CC)N1C(=O)[C@@](C)(CC(OC=O)C(=O)NC)CCC1c1ccc(Cl)cc1. The third kappa shape index (κ3) is 5.10. The molecule has 2 unspecified atom stereocenters. The second-order valence-corrected chi connectivity index (χ2v) is 8.33. The number of piperidine rings is 1. The van der Waals surface area contributed by atoms with E-state index in [-0.39, 0.29) is 30.9 Å². The van der Waals surface area contributed by atoms with E-state index < -0.39 is 17.4 Å². The number of amides is 2. The van der Waals surface area contributed by atoms with Crippen LogP contribution in [0.15, 0.2) is 24.3 Å². The molecule has 3 atom stereocenters. The Balaban J connectivity index is 2.37. The van der Waals surface area contributed by atoms with E-state index in [1.165, 1.54) is 7.05 Å². The summed E-state index contributed by atoms with van der Waals surface area (Å²) in [5.41, 5.74) is 0.273. The molecule has 2 amide bonds. The molecule has 29 heavy (non-hydrogen) atoms. The number of likely N-dealkylation sites (N-methyl/N-ethyl adjacent to an activating group) is 1. The molecule has 0 radical (unpaired) electrons. The standard InChI is InChI=1S/C22H31ClN2O4/c1-5-17(6-2)25-18(15-7-9-16(23)10-8-15)11-12-22(3,21(25)28)13-19(29-14-26)20(27)24-4/h7-10,14,17-19H,5-6,11-13H2,1-4H3,(H,24,27)/t18?,19?,22-/m1/s1. The normalized spacial score (nSPS) is 23.0. The molecule has 0 aromatic heterocycles. The van der Waals surface area contributed by atoms with Crippen LogP contribution in [0.2, 0.25) is 5.02 Å². The number of likely N-dealkylation sites (tertiary alicyclic amines) is 1. The van der Waals surface area contributed by atoms with Crippen LogP contribution in [0.3, 0.4) is 0 Å². The van der Waals surface area contributed by atoms with Gasteiger partial charge in [0.05, 0.1) is 11.5 Å². The van der Waals surface area contributed by atoms with E-state index in [4.69, 9.17) is 16.3 Å². The molecule has 1 fully saturated rings. The minimum absolute atomic E-state index is 0.000743. The molecule has 2 rings (SSSR count). The Kier molecular flexibility index (Phi) is 8.08. The highest BCUT2D eigenvalue weighted by molar-refractivity contribution is 6.30. The molecule has 1 aromatic rings. The Labute approximate surface area is 177 Å². The molecule has 0 saturated carbocycles. The number of carbonyl (C=O) groups is 3. The lowest BCUT2D eigenvalue weighted by Crippen LogP contribution is -2.54. The molecular formula is C22H31ClN2O4. The van der Waals surface area contributed by atoms with Gasteiger partial charge < -0.3 is 15.0 Å². The van der Waals surface area contributed by atoms with Gasteiger partial charge in [-0.05, 0) is 43.4 Å². The smallest absolute Gasteiger partial charge is 0.293 e. The van der Waals surface area contributed by atoms with E-state index in [9.17, 15) is 14.4 Å². The zero-order valence-electron chi connectivity index (χ0n) is 17.6. The fourth-order valence-electron chi connectivity index (χ4n) is 4.30. The van der Waals surface area contributed by atoms with Gasteiger partial charge in [0.1, 0.15) is 0 Å². The number of nitrogens with zero attached hydrogens (tertiary/aromatic N) is 1. The number of ether oxygens (including phenoxy) is 1. The number of hydrogen-bond donors (Lipinski definition) is 1. The van der Waals surface area contributed by atoms with Crippen molar-refractivity contribution in [3.63, 3.8) is 0 Å². The van der Waals surface area contributed by atoms with Crippen molar-refractivity contribution in [3.8, 4) is 0 Å². The Morgan fingerprint density at radius 3 is 2.48 bits per heavy atom. The molecule has 0 bridgehead atoms. The second kappa shape index (κ2) is 10.1. The van der Waals surface area contributed by atoms with Crippen LogP contribution in [0.1, 0.15) is 64.5 Å². The molecule has 1 aliphatic rings. The Morgan fingerprint density at radius 1 is 1.34 bits per heavy atom. The lowest BCUT2D eigenvalue weighted by Gasteiger charge is -2.48. The van der Waals surface area contributed by atoms with Gasteiger partial charge in [-0.3, -0.25) is 14.4 Å². The minimum atomic E-state index is -0.984. The number of rotatable bonds is 9. The fourth-order valence-corrected chi connectivity index (χ4v) is 4.42. The molecule has 1 aliphatic heterocycles. The summed E-state index contributed by atoms with van der Waals surface area (Å²) < 4.78 is 5.01. The lowest BCUT2D eigenvalue weighted by atomic mass is 9.72. The molecule has 6 nitrogen and oxygen atoms in total. The molecule has 1 saturated heterocycles. The van der Waals surface area contributed by atoms with Crippen LogP contribution in [0.25, 0.3) is 0 Å². The van der Waals surface area contributed by atoms with Crippen molar-refractivity contribution in [2.45, 2.75) is 71.1 Å². The fraction of sp³-hybridized carbons (Fsp3) is 0.591. The van der Waals surface area contributed by atoms with Crippen LogP contribution in [0.4, 0.5) is 0 Å². The second-order valence-electron chi connectivity index (χ2n) is 7.89. The van der Waals surface area contributed by atoms with E-state index in [1.54, 1.807) is 0 Å². The average Bonchev–Trinajstić information content (AvgIpc) is 2.72. The monoisotopic (exact) mass is 422 g/mol. The van der Waals surface area contributed by atoms with Gasteiger partial charge in [-0.25, -0.2) is 0 Å². The molecular weight excluding hydrogens is 392 g/mol.